The van der Waals surface area contributed by atoms with Crippen molar-refractivity contribution in [3.8, 4) is 0 Å². The fraction of sp³-hybridized carbons (Fsp3) is 0.500. The van der Waals surface area contributed by atoms with Gasteiger partial charge >= 0.3 is 0 Å². The first kappa shape index (κ1) is 12.0. The summed E-state index contributed by atoms with van der Waals surface area (Å²) in [7, 11) is -3.17. The Bertz CT molecular complexity index is 397. The van der Waals surface area contributed by atoms with E-state index in [0.717, 1.165) is 4.88 Å². The summed E-state index contributed by atoms with van der Waals surface area (Å²) in [6, 6.07) is 3.57. The summed E-state index contributed by atoms with van der Waals surface area (Å²) < 4.78 is 25.9. The molecule has 1 heterocycles. The molecule has 14 heavy (non-hydrogen) atoms. The summed E-state index contributed by atoms with van der Waals surface area (Å²) in [5.74, 6) is 0. The molecule has 1 rings (SSSR count). The molecule has 0 saturated heterocycles. The Hall–Kier alpha value is -0.100. The van der Waals surface area contributed by atoms with Crippen molar-refractivity contribution >= 4 is 33.0 Å². The van der Waals surface area contributed by atoms with Gasteiger partial charge in [0.25, 0.3) is 0 Å². The van der Waals surface area contributed by atoms with E-state index in [1.165, 1.54) is 11.3 Å². The number of rotatable bonds is 4. The SMILES string of the molecule is CC(C)S(=O)(=O)NCc1ccc(Cl)s1. The van der Waals surface area contributed by atoms with Crippen LogP contribution in [0.15, 0.2) is 12.1 Å². The molecule has 0 aliphatic carbocycles. The molecule has 1 aromatic heterocycles. The molecular formula is C8H12ClNO2S2. The fourth-order valence-electron chi connectivity index (χ4n) is 0.785. The molecule has 0 aliphatic rings. The van der Waals surface area contributed by atoms with E-state index in [2.05, 4.69) is 4.72 Å². The van der Waals surface area contributed by atoms with Crippen LogP contribution in [0.3, 0.4) is 0 Å². The number of nitrogens with one attached hydrogen (secondary N) is 1. The van der Waals surface area contributed by atoms with Gasteiger partial charge in [0.1, 0.15) is 0 Å². The highest BCUT2D eigenvalue weighted by atomic mass is 35.5. The number of halogens is 1. The third kappa shape index (κ3) is 3.24. The normalized spacial score (nSPS) is 12.3. The van der Waals surface area contributed by atoms with Crippen LogP contribution in [0.1, 0.15) is 18.7 Å². The van der Waals surface area contributed by atoms with E-state index >= 15 is 0 Å². The van der Waals surface area contributed by atoms with Gasteiger partial charge in [-0.25, -0.2) is 13.1 Å². The van der Waals surface area contributed by atoms with E-state index in [9.17, 15) is 8.42 Å². The minimum absolute atomic E-state index is 0.317. The van der Waals surface area contributed by atoms with E-state index < -0.39 is 15.3 Å². The predicted molar refractivity (Wildman–Crippen MR) is 60.2 cm³/mol. The number of thiophene rings is 1. The second-order valence-electron chi connectivity index (χ2n) is 3.12. The van der Waals surface area contributed by atoms with Crippen LogP contribution < -0.4 is 4.72 Å². The van der Waals surface area contributed by atoms with Gasteiger partial charge in [0, 0.05) is 11.4 Å². The second-order valence-corrected chi connectivity index (χ2v) is 7.24. The van der Waals surface area contributed by atoms with Gasteiger partial charge in [0.15, 0.2) is 0 Å². The molecule has 0 radical (unpaired) electrons. The highest BCUT2D eigenvalue weighted by Crippen LogP contribution is 2.21. The summed E-state index contributed by atoms with van der Waals surface area (Å²) in [4.78, 5) is 0.916. The molecular weight excluding hydrogens is 242 g/mol. The van der Waals surface area contributed by atoms with Crippen LogP contribution >= 0.6 is 22.9 Å². The Morgan fingerprint density at radius 2 is 2.14 bits per heavy atom. The van der Waals surface area contributed by atoms with Crippen molar-refractivity contribution in [3.63, 3.8) is 0 Å². The Labute approximate surface area is 93.1 Å². The highest BCUT2D eigenvalue weighted by molar-refractivity contribution is 7.90. The third-order valence-electron chi connectivity index (χ3n) is 1.70. The van der Waals surface area contributed by atoms with Crippen molar-refractivity contribution in [1.82, 2.24) is 4.72 Å². The molecule has 1 N–H and O–H groups in total. The Morgan fingerprint density at radius 3 is 2.57 bits per heavy atom. The van der Waals surface area contributed by atoms with Crippen LogP contribution in [0.4, 0.5) is 0 Å². The molecule has 0 spiro atoms. The average molecular weight is 254 g/mol. The first-order valence-electron chi connectivity index (χ1n) is 4.14. The molecule has 80 valence electrons. The summed E-state index contributed by atoms with van der Waals surface area (Å²) in [6.45, 7) is 3.60. The molecule has 0 atom stereocenters. The van der Waals surface area contributed by atoms with Gasteiger partial charge in [-0.15, -0.1) is 11.3 Å². The zero-order valence-electron chi connectivity index (χ0n) is 7.95. The van der Waals surface area contributed by atoms with E-state index in [4.69, 9.17) is 11.6 Å². The van der Waals surface area contributed by atoms with E-state index in [-0.39, 0.29) is 0 Å². The van der Waals surface area contributed by atoms with Gasteiger partial charge in [-0.3, -0.25) is 0 Å². The maximum atomic E-state index is 11.4. The molecule has 1 aromatic rings. The molecule has 0 aromatic carbocycles. The average Bonchev–Trinajstić information content (AvgIpc) is 2.48. The van der Waals surface area contributed by atoms with Crippen LogP contribution in [-0.4, -0.2) is 13.7 Å². The monoisotopic (exact) mass is 253 g/mol. The zero-order valence-corrected chi connectivity index (χ0v) is 10.3. The van der Waals surface area contributed by atoms with E-state index in [1.807, 2.05) is 6.07 Å². The first-order valence-corrected chi connectivity index (χ1v) is 6.88. The van der Waals surface area contributed by atoms with Crippen molar-refractivity contribution in [2.24, 2.45) is 0 Å². The molecule has 0 saturated carbocycles. The Morgan fingerprint density at radius 1 is 1.50 bits per heavy atom. The number of hydrogen-bond acceptors (Lipinski definition) is 3. The summed E-state index contributed by atoms with van der Waals surface area (Å²) >= 11 is 7.09. The quantitative estimate of drug-likeness (QED) is 0.895. The van der Waals surface area contributed by atoms with Crippen LogP contribution in [0.2, 0.25) is 4.34 Å². The lowest BCUT2D eigenvalue weighted by atomic mass is 10.5. The zero-order chi connectivity index (χ0) is 10.8. The van der Waals surface area contributed by atoms with Gasteiger partial charge in [0.05, 0.1) is 9.59 Å². The minimum atomic E-state index is -3.17. The summed E-state index contributed by atoms with van der Waals surface area (Å²) in [5, 5.41) is -0.405. The molecule has 0 bridgehead atoms. The van der Waals surface area contributed by atoms with Gasteiger partial charge in [-0.05, 0) is 26.0 Å². The number of hydrogen-bond donors (Lipinski definition) is 1. The van der Waals surface area contributed by atoms with Gasteiger partial charge < -0.3 is 0 Å². The topological polar surface area (TPSA) is 46.2 Å². The van der Waals surface area contributed by atoms with Crippen molar-refractivity contribution in [2.75, 3.05) is 0 Å². The molecule has 0 unspecified atom stereocenters. The Kier molecular flexibility index (Phi) is 3.94. The van der Waals surface area contributed by atoms with Crippen LogP contribution in [-0.2, 0) is 16.6 Å². The van der Waals surface area contributed by atoms with Gasteiger partial charge in [0.2, 0.25) is 10.0 Å². The summed E-state index contributed by atoms with van der Waals surface area (Å²) in [6.07, 6.45) is 0. The second kappa shape index (κ2) is 4.61. The third-order valence-corrected chi connectivity index (χ3v) is 4.72. The van der Waals surface area contributed by atoms with Gasteiger partial charge in [-0.2, -0.15) is 0 Å². The minimum Gasteiger partial charge on any atom is -0.212 e. The molecule has 0 fully saturated rings. The smallest absolute Gasteiger partial charge is 0.212 e. The van der Waals surface area contributed by atoms with Crippen molar-refractivity contribution in [1.29, 1.82) is 0 Å². The van der Waals surface area contributed by atoms with Crippen molar-refractivity contribution in [3.05, 3.63) is 21.3 Å². The standard InChI is InChI=1S/C8H12ClNO2S2/c1-6(2)14(11,12)10-5-7-3-4-8(9)13-7/h3-4,6,10H,5H2,1-2H3. The lowest BCUT2D eigenvalue weighted by Crippen LogP contribution is -2.29. The molecule has 3 nitrogen and oxygen atoms in total. The van der Waals surface area contributed by atoms with Crippen LogP contribution in [0.25, 0.3) is 0 Å². The molecule has 0 amide bonds. The maximum Gasteiger partial charge on any atom is 0.214 e. The van der Waals surface area contributed by atoms with E-state index in [1.54, 1.807) is 19.9 Å². The van der Waals surface area contributed by atoms with E-state index in [0.29, 0.717) is 10.9 Å². The lowest BCUT2D eigenvalue weighted by Gasteiger charge is -2.07. The first-order chi connectivity index (χ1) is 6.42. The maximum absolute atomic E-state index is 11.4. The molecule has 6 heteroatoms. The van der Waals surface area contributed by atoms with Crippen LogP contribution in [0, 0.1) is 0 Å². The lowest BCUT2D eigenvalue weighted by molar-refractivity contribution is 0.572. The van der Waals surface area contributed by atoms with Crippen molar-refractivity contribution < 1.29 is 8.42 Å². The largest absolute Gasteiger partial charge is 0.214 e. The van der Waals surface area contributed by atoms with Crippen LogP contribution in [0.5, 0.6) is 0 Å². The van der Waals surface area contributed by atoms with Gasteiger partial charge in [-0.1, -0.05) is 11.6 Å². The molecule has 0 aliphatic heterocycles. The summed E-state index contributed by atoms with van der Waals surface area (Å²) in [5.41, 5.74) is 0. The van der Waals surface area contributed by atoms with Crippen molar-refractivity contribution in [2.45, 2.75) is 25.6 Å². The highest BCUT2D eigenvalue weighted by Gasteiger charge is 2.14. The fourth-order valence-corrected chi connectivity index (χ4v) is 2.59. The number of sulfonamides is 1. The predicted octanol–water partition coefficient (Wildman–Crippen LogP) is 2.23. The Balaban J connectivity index is 2.57.